The maximum absolute atomic E-state index is 12.4. The third-order valence-electron chi connectivity index (χ3n) is 3.07. The molecule has 0 radical (unpaired) electrons. The molecular weight excluding hydrogens is 329 g/mol. The molecule has 1 aliphatic rings. The summed E-state index contributed by atoms with van der Waals surface area (Å²) in [6.45, 7) is 0. The topological polar surface area (TPSA) is 28.7 Å². The Morgan fingerprint density at radius 3 is 2.50 bits per heavy atom. The van der Waals surface area contributed by atoms with Gasteiger partial charge in [-0.3, -0.25) is 0 Å². The van der Waals surface area contributed by atoms with Crippen molar-refractivity contribution in [2.45, 2.75) is 44.2 Å². The summed E-state index contributed by atoms with van der Waals surface area (Å²) in [5.74, 6) is 0.161. The van der Waals surface area contributed by atoms with Gasteiger partial charge in [-0.2, -0.15) is 13.2 Å². The van der Waals surface area contributed by atoms with Crippen molar-refractivity contribution in [1.82, 2.24) is 9.97 Å². The van der Waals surface area contributed by atoms with Crippen molar-refractivity contribution in [3.05, 3.63) is 20.6 Å². The Bertz CT molecular complexity index is 492. The number of nitrogens with one attached hydrogen (secondary N) is 1. The third-order valence-corrected chi connectivity index (χ3v) is 4.43. The van der Waals surface area contributed by atoms with E-state index in [-0.39, 0.29) is 16.4 Å². The Labute approximate surface area is 116 Å². The molecule has 0 spiro atoms. The van der Waals surface area contributed by atoms with Gasteiger partial charge in [-0.05, 0) is 28.8 Å². The number of aromatic amines is 1. The molecule has 0 aromatic carbocycles. The molecule has 0 aliphatic heterocycles. The standard InChI is InChI=1S/C11H12BrF3N2S/c12-8-9(6-3-1-2-4-6)16-7(17-10(8)18)5-11(13,14)15/h6H,1-5H2,(H,16,17,18). The van der Waals surface area contributed by atoms with Gasteiger partial charge in [-0.15, -0.1) is 0 Å². The smallest absolute Gasteiger partial charge is 0.346 e. The van der Waals surface area contributed by atoms with Crippen molar-refractivity contribution < 1.29 is 13.2 Å². The summed E-state index contributed by atoms with van der Waals surface area (Å²) in [5, 5.41) is 0. The number of halogens is 4. The normalized spacial score (nSPS) is 17.3. The summed E-state index contributed by atoms with van der Waals surface area (Å²) < 4.78 is 38.0. The van der Waals surface area contributed by atoms with Gasteiger partial charge in [0.2, 0.25) is 0 Å². The molecule has 1 heterocycles. The number of nitrogens with zero attached hydrogens (tertiary/aromatic N) is 1. The first-order valence-corrected chi connectivity index (χ1v) is 6.92. The molecule has 1 aliphatic carbocycles. The molecule has 2 rings (SSSR count). The average molecular weight is 341 g/mol. The molecule has 1 saturated carbocycles. The average Bonchev–Trinajstić information content (AvgIpc) is 2.74. The molecule has 0 amide bonds. The van der Waals surface area contributed by atoms with E-state index in [0.717, 1.165) is 31.4 Å². The molecule has 1 aromatic heterocycles. The van der Waals surface area contributed by atoms with Gasteiger partial charge < -0.3 is 4.98 Å². The second kappa shape index (κ2) is 5.28. The zero-order chi connectivity index (χ0) is 13.3. The van der Waals surface area contributed by atoms with Crippen LogP contribution in [0.1, 0.15) is 43.1 Å². The Hall–Kier alpha value is -0.430. The van der Waals surface area contributed by atoms with Gasteiger partial charge in [-0.25, -0.2) is 4.98 Å². The fourth-order valence-corrected chi connectivity index (χ4v) is 3.03. The minimum absolute atomic E-state index is 0.0994. The molecule has 1 N–H and O–H groups in total. The Balaban J connectivity index is 2.36. The Kier molecular flexibility index (Phi) is 4.11. The van der Waals surface area contributed by atoms with Crippen molar-refractivity contribution >= 4 is 28.1 Å². The van der Waals surface area contributed by atoms with Crippen LogP contribution in [0, 0.1) is 4.64 Å². The Morgan fingerprint density at radius 1 is 1.33 bits per heavy atom. The van der Waals surface area contributed by atoms with E-state index < -0.39 is 12.6 Å². The number of alkyl halides is 3. The zero-order valence-electron chi connectivity index (χ0n) is 9.48. The lowest BCUT2D eigenvalue weighted by Gasteiger charge is -2.14. The van der Waals surface area contributed by atoms with E-state index in [9.17, 15) is 13.2 Å². The highest BCUT2D eigenvalue weighted by Gasteiger charge is 2.30. The maximum atomic E-state index is 12.4. The van der Waals surface area contributed by atoms with Crippen LogP contribution in [0.2, 0.25) is 0 Å². The van der Waals surface area contributed by atoms with Crippen LogP contribution in [0.5, 0.6) is 0 Å². The summed E-state index contributed by atoms with van der Waals surface area (Å²) in [5.41, 5.74) is 0.770. The quantitative estimate of drug-likeness (QED) is 0.793. The van der Waals surface area contributed by atoms with E-state index in [1.165, 1.54) is 0 Å². The minimum Gasteiger partial charge on any atom is -0.346 e. The van der Waals surface area contributed by atoms with E-state index in [4.69, 9.17) is 12.2 Å². The van der Waals surface area contributed by atoms with Crippen LogP contribution >= 0.6 is 28.1 Å². The van der Waals surface area contributed by atoms with Crippen molar-refractivity contribution in [3.8, 4) is 0 Å². The highest BCUT2D eigenvalue weighted by atomic mass is 79.9. The fraction of sp³-hybridized carbons (Fsp3) is 0.636. The summed E-state index contributed by atoms with van der Waals surface area (Å²) >= 11 is 8.33. The highest BCUT2D eigenvalue weighted by Crippen LogP contribution is 2.37. The predicted molar refractivity (Wildman–Crippen MR) is 68.1 cm³/mol. The van der Waals surface area contributed by atoms with E-state index in [1.54, 1.807) is 0 Å². The van der Waals surface area contributed by atoms with Crippen molar-refractivity contribution in [3.63, 3.8) is 0 Å². The fourth-order valence-electron chi connectivity index (χ4n) is 2.29. The van der Waals surface area contributed by atoms with Gasteiger partial charge in [0.15, 0.2) is 0 Å². The van der Waals surface area contributed by atoms with Gasteiger partial charge in [-0.1, -0.05) is 25.1 Å². The lowest BCUT2D eigenvalue weighted by Crippen LogP contribution is -2.16. The first-order valence-electron chi connectivity index (χ1n) is 5.72. The lowest BCUT2D eigenvalue weighted by atomic mass is 10.0. The van der Waals surface area contributed by atoms with Crippen LogP contribution < -0.4 is 0 Å². The van der Waals surface area contributed by atoms with Crippen LogP contribution in [-0.4, -0.2) is 16.1 Å². The minimum atomic E-state index is -4.27. The van der Waals surface area contributed by atoms with Gasteiger partial charge in [0.25, 0.3) is 0 Å². The number of rotatable bonds is 2. The second-order valence-corrected chi connectivity index (χ2v) is 5.67. The summed E-state index contributed by atoms with van der Waals surface area (Å²) in [6.07, 6.45) is -1.16. The molecule has 0 atom stereocenters. The first kappa shape index (κ1) is 14.0. The first-order chi connectivity index (χ1) is 8.37. The number of aromatic nitrogens is 2. The summed E-state index contributed by atoms with van der Waals surface area (Å²) in [6, 6.07) is 0. The third kappa shape index (κ3) is 3.32. The Morgan fingerprint density at radius 2 is 1.94 bits per heavy atom. The SMILES string of the molecule is FC(F)(F)Cc1nc(=S)c(Br)c(C2CCCC2)[nH]1. The predicted octanol–water partition coefficient (Wildman–Crippen LogP) is 4.66. The van der Waals surface area contributed by atoms with Crippen LogP contribution in [0.15, 0.2) is 4.47 Å². The number of H-pyrrole nitrogens is 1. The van der Waals surface area contributed by atoms with E-state index in [2.05, 4.69) is 25.9 Å². The molecule has 18 heavy (non-hydrogen) atoms. The van der Waals surface area contributed by atoms with Crippen LogP contribution in [0.4, 0.5) is 13.2 Å². The molecular formula is C11H12BrF3N2S. The lowest BCUT2D eigenvalue weighted by molar-refractivity contribution is -0.128. The monoisotopic (exact) mass is 340 g/mol. The molecule has 100 valence electrons. The molecule has 1 aromatic rings. The van der Waals surface area contributed by atoms with Crippen molar-refractivity contribution in [1.29, 1.82) is 0 Å². The van der Waals surface area contributed by atoms with E-state index >= 15 is 0 Å². The summed E-state index contributed by atoms with van der Waals surface area (Å²) in [7, 11) is 0. The molecule has 0 unspecified atom stereocenters. The van der Waals surface area contributed by atoms with Crippen LogP contribution in [0.3, 0.4) is 0 Å². The van der Waals surface area contributed by atoms with E-state index in [0.29, 0.717) is 4.47 Å². The number of hydrogen-bond acceptors (Lipinski definition) is 2. The van der Waals surface area contributed by atoms with Gasteiger partial charge in [0, 0.05) is 11.6 Å². The number of hydrogen-bond donors (Lipinski definition) is 1. The maximum Gasteiger partial charge on any atom is 0.396 e. The van der Waals surface area contributed by atoms with Crippen LogP contribution in [-0.2, 0) is 6.42 Å². The largest absolute Gasteiger partial charge is 0.396 e. The summed E-state index contributed by atoms with van der Waals surface area (Å²) in [4.78, 5) is 6.59. The molecule has 0 saturated heterocycles. The van der Waals surface area contributed by atoms with Gasteiger partial charge >= 0.3 is 6.18 Å². The highest BCUT2D eigenvalue weighted by molar-refractivity contribution is 9.10. The van der Waals surface area contributed by atoms with Gasteiger partial charge in [0.1, 0.15) is 16.9 Å². The van der Waals surface area contributed by atoms with Crippen molar-refractivity contribution in [2.75, 3.05) is 0 Å². The molecule has 1 fully saturated rings. The van der Waals surface area contributed by atoms with Crippen LogP contribution in [0.25, 0.3) is 0 Å². The molecule has 7 heteroatoms. The zero-order valence-corrected chi connectivity index (χ0v) is 11.9. The van der Waals surface area contributed by atoms with Crippen molar-refractivity contribution in [2.24, 2.45) is 0 Å². The van der Waals surface area contributed by atoms with E-state index in [1.807, 2.05) is 0 Å². The van der Waals surface area contributed by atoms with Gasteiger partial charge in [0.05, 0.1) is 4.47 Å². The molecule has 0 bridgehead atoms. The molecule has 2 nitrogen and oxygen atoms in total. The second-order valence-electron chi connectivity index (χ2n) is 4.49.